The third kappa shape index (κ3) is 1.97. The lowest BCUT2D eigenvalue weighted by Gasteiger charge is -1.99. The van der Waals surface area contributed by atoms with E-state index in [0.29, 0.717) is 7.14 Å². The molecule has 0 unspecified atom stereocenters. The van der Waals surface area contributed by atoms with Gasteiger partial charge < -0.3 is 5.11 Å². The topological polar surface area (TPSA) is 63.4 Å². The average Bonchev–Trinajstić information content (AvgIpc) is 1.99. The van der Waals surface area contributed by atoms with Gasteiger partial charge in [0, 0.05) is 9.64 Å². The lowest BCUT2D eigenvalue weighted by Crippen LogP contribution is -1.90. The van der Waals surface area contributed by atoms with E-state index in [2.05, 4.69) is 0 Å². The van der Waals surface area contributed by atoms with Crippen LogP contribution in [-0.4, -0.2) is 10.0 Å². The molecular formula is C6H3I2NO3. The molecule has 0 heterocycles. The monoisotopic (exact) mass is 391 g/mol. The minimum Gasteiger partial charge on any atom is -0.507 e. The largest absolute Gasteiger partial charge is 0.507 e. The van der Waals surface area contributed by atoms with Gasteiger partial charge in [0.1, 0.15) is 5.75 Å². The third-order valence-electron chi connectivity index (χ3n) is 1.20. The Morgan fingerprint density at radius 1 is 1.42 bits per heavy atom. The first-order valence-corrected chi connectivity index (χ1v) is 5.00. The summed E-state index contributed by atoms with van der Waals surface area (Å²) in [6, 6.07) is 2.56. The van der Waals surface area contributed by atoms with E-state index in [0.717, 1.165) is 6.07 Å². The van der Waals surface area contributed by atoms with Gasteiger partial charge in [-0.3, -0.25) is 10.1 Å². The summed E-state index contributed by atoms with van der Waals surface area (Å²) in [7, 11) is 0. The molecule has 1 aromatic rings. The van der Waals surface area contributed by atoms with E-state index in [1.165, 1.54) is 6.07 Å². The summed E-state index contributed by atoms with van der Waals surface area (Å²) in [5.74, 6) is -0.0470. The number of nitro groups is 1. The van der Waals surface area contributed by atoms with Crippen LogP contribution in [0.5, 0.6) is 5.75 Å². The van der Waals surface area contributed by atoms with E-state index < -0.39 is 4.92 Å². The van der Waals surface area contributed by atoms with Gasteiger partial charge in [-0.15, -0.1) is 0 Å². The summed E-state index contributed by atoms with van der Waals surface area (Å²) in [6.45, 7) is 0. The molecule has 0 saturated heterocycles. The highest BCUT2D eigenvalue weighted by Gasteiger charge is 2.12. The highest BCUT2D eigenvalue weighted by atomic mass is 127. The van der Waals surface area contributed by atoms with Crippen LogP contribution in [0.1, 0.15) is 0 Å². The maximum absolute atomic E-state index is 10.3. The van der Waals surface area contributed by atoms with Crippen LogP contribution in [0.4, 0.5) is 5.69 Å². The zero-order valence-corrected chi connectivity index (χ0v) is 9.94. The summed E-state index contributed by atoms with van der Waals surface area (Å²) in [6.07, 6.45) is 0. The smallest absolute Gasteiger partial charge is 0.274 e. The lowest BCUT2D eigenvalue weighted by molar-refractivity contribution is -0.385. The van der Waals surface area contributed by atoms with Gasteiger partial charge in [-0.2, -0.15) is 0 Å². The van der Waals surface area contributed by atoms with Gasteiger partial charge in [-0.05, 0) is 45.2 Å². The molecule has 0 amide bonds. The maximum Gasteiger partial charge on any atom is 0.274 e. The SMILES string of the molecule is O=[N+]([O-])c1cc(O)c(I)c(I)c1. The number of nitro benzene ring substituents is 1. The van der Waals surface area contributed by atoms with Crippen molar-refractivity contribution in [2.75, 3.05) is 0 Å². The number of phenolic OH excluding ortho intramolecular Hbond substituents is 1. The molecule has 1 aromatic carbocycles. The summed E-state index contributed by atoms with van der Waals surface area (Å²) in [5, 5.41) is 19.5. The molecule has 0 spiro atoms. The number of phenols is 1. The quantitative estimate of drug-likeness (QED) is 0.455. The number of non-ortho nitro benzene ring substituents is 1. The highest BCUT2D eigenvalue weighted by Crippen LogP contribution is 2.29. The molecule has 0 aliphatic rings. The molecule has 4 nitrogen and oxygen atoms in total. The number of rotatable bonds is 1. The molecule has 12 heavy (non-hydrogen) atoms. The van der Waals surface area contributed by atoms with Crippen molar-refractivity contribution in [3.63, 3.8) is 0 Å². The fraction of sp³-hybridized carbons (Fsp3) is 0. The van der Waals surface area contributed by atoms with E-state index in [4.69, 9.17) is 0 Å². The second-order valence-corrected chi connectivity index (χ2v) is 4.26. The lowest BCUT2D eigenvalue weighted by atomic mass is 10.3. The molecular weight excluding hydrogens is 388 g/mol. The van der Waals surface area contributed by atoms with Crippen LogP contribution < -0.4 is 0 Å². The van der Waals surface area contributed by atoms with Crippen LogP contribution in [0, 0.1) is 17.3 Å². The van der Waals surface area contributed by atoms with Crippen molar-refractivity contribution in [1.29, 1.82) is 0 Å². The fourth-order valence-corrected chi connectivity index (χ4v) is 1.57. The molecule has 64 valence electrons. The number of hydrogen-bond donors (Lipinski definition) is 1. The van der Waals surface area contributed by atoms with Gasteiger partial charge in [0.2, 0.25) is 0 Å². The Balaban J connectivity index is 3.31. The second kappa shape index (κ2) is 3.73. The van der Waals surface area contributed by atoms with E-state index in [1.54, 1.807) is 0 Å². The maximum atomic E-state index is 10.3. The highest BCUT2D eigenvalue weighted by molar-refractivity contribution is 14.1. The van der Waals surface area contributed by atoms with Gasteiger partial charge in [-0.25, -0.2) is 0 Å². The van der Waals surface area contributed by atoms with Gasteiger partial charge in [-0.1, -0.05) is 0 Å². The zero-order chi connectivity index (χ0) is 9.30. The van der Waals surface area contributed by atoms with Crippen molar-refractivity contribution in [2.45, 2.75) is 0 Å². The molecule has 1 N–H and O–H groups in total. The first-order chi connectivity index (χ1) is 5.52. The molecule has 0 aliphatic carbocycles. The minimum atomic E-state index is -0.530. The predicted molar refractivity (Wildman–Crippen MR) is 60.2 cm³/mol. The Labute approximate surface area is 95.4 Å². The van der Waals surface area contributed by atoms with Gasteiger partial charge >= 0.3 is 0 Å². The normalized spacial score (nSPS) is 9.83. The molecule has 0 radical (unpaired) electrons. The summed E-state index contributed by atoms with van der Waals surface area (Å²) < 4.78 is 1.32. The van der Waals surface area contributed by atoms with Crippen molar-refractivity contribution in [1.82, 2.24) is 0 Å². The number of halogens is 2. The van der Waals surface area contributed by atoms with Gasteiger partial charge in [0.05, 0.1) is 14.6 Å². The van der Waals surface area contributed by atoms with Crippen LogP contribution in [-0.2, 0) is 0 Å². The zero-order valence-electron chi connectivity index (χ0n) is 5.62. The minimum absolute atomic E-state index is 0.0470. The molecule has 0 bridgehead atoms. The van der Waals surface area contributed by atoms with E-state index >= 15 is 0 Å². The molecule has 1 rings (SSSR count). The average molecular weight is 391 g/mol. The Kier molecular flexibility index (Phi) is 3.09. The van der Waals surface area contributed by atoms with Crippen LogP contribution in [0.25, 0.3) is 0 Å². The Morgan fingerprint density at radius 3 is 2.42 bits per heavy atom. The van der Waals surface area contributed by atoms with Crippen molar-refractivity contribution >= 4 is 50.9 Å². The van der Waals surface area contributed by atoms with Crippen molar-refractivity contribution < 1.29 is 10.0 Å². The van der Waals surface area contributed by atoms with Crippen molar-refractivity contribution in [3.05, 3.63) is 29.4 Å². The number of aromatic hydroxyl groups is 1. The molecule has 0 saturated carbocycles. The first kappa shape index (κ1) is 9.96. The van der Waals surface area contributed by atoms with Crippen molar-refractivity contribution in [3.8, 4) is 5.75 Å². The Bertz CT molecular complexity index is 317. The molecule has 0 aliphatic heterocycles. The van der Waals surface area contributed by atoms with Crippen LogP contribution in [0.15, 0.2) is 12.1 Å². The predicted octanol–water partition coefficient (Wildman–Crippen LogP) is 2.51. The van der Waals surface area contributed by atoms with E-state index in [9.17, 15) is 15.2 Å². The summed E-state index contributed by atoms with van der Waals surface area (Å²) in [4.78, 5) is 9.78. The van der Waals surface area contributed by atoms with Crippen LogP contribution >= 0.6 is 45.2 Å². The molecule has 6 heteroatoms. The standard InChI is InChI=1S/C6H3I2NO3/c7-4-1-3(9(11)12)2-5(10)6(4)8/h1-2,10H. The van der Waals surface area contributed by atoms with E-state index in [1.807, 2.05) is 45.2 Å². The fourth-order valence-electron chi connectivity index (χ4n) is 0.666. The van der Waals surface area contributed by atoms with Crippen molar-refractivity contribution in [2.24, 2.45) is 0 Å². The number of nitrogens with zero attached hydrogens (tertiary/aromatic N) is 1. The van der Waals surface area contributed by atoms with Gasteiger partial charge in [0.15, 0.2) is 0 Å². The molecule has 0 fully saturated rings. The second-order valence-electron chi connectivity index (χ2n) is 2.02. The first-order valence-electron chi connectivity index (χ1n) is 2.85. The number of hydrogen-bond acceptors (Lipinski definition) is 3. The molecule has 0 aromatic heterocycles. The Morgan fingerprint density at radius 2 is 2.00 bits per heavy atom. The molecule has 0 atom stereocenters. The van der Waals surface area contributed by atoms with Crippen LogP contribution in [0.2, 0.25) is 0 Å². The summed E-state index contributed by atoms with van der Waals surface area (Å²) in [5.41, 5.74) is -0.0858. The number of benzene rings is 1. The van der Waals surface area contributed by atoms with Crippen LogP contribution in [0.3, 0.4) is 0 Å². The Hall–Kier alpha value is -0.120. The van der Waals surface area contributed by atoms with E-state index in [-0.39, 0.29) is 11.4 Å². The third-order valence-corrected chi connectivity index (χ3v) is 4.22. The van der Waals surface area contributed by atoms with Gasteiger partial charge in [0.25, 0.3) is 5.69 Å². The summed E-state index contributed by atoms with van der Waals surface area (Å²) >= 11 is 3.87.